The van der Waals surface area contributed by atoms with Crippen LogP contribution < -0.4 is 0 Å². The SMILES string of the molecule is C=C(C(=O)O)c1cc(C)cc(C)c1. The summed E-state index contributed by atoms with van der Waals surface area (Å²) in [6.45, 7) is 7.38. The molecule has 2 heteroatoms. The van der Waals surface area contributed by atoms with E-state index in [9.17, 15) is 4.79 Å². The van der Waals surface area contributed by atoms with Gasteiger partial charge in [-0.2, -0.15) is 0 Å². The first-order chi connectivity index (χ1) is 6.00. The Balaban J connectivity index is 3.15. The van der Waals surface area contributed by atoms with Gasteiger partial charge in [0.25, 0.3) is 0 Å². The topological polar surface area (TPSA) is 37.3 Å². The molecule has 1 rings (SSSR count). The molecule has 0 heterocycles. The van der Waals surface area contributed by atoms with Gasteiger partial charge in [0.1, 0.15) is 0 Å². The number of aliphatic carboxylic acids is 1. The first-order valence-electron chi connectivity index (χ1n) is 4.01. The molecule has 2 nitrogen and oxygen atoms in total. The Morgan fingerprint density at radius 1 is 1.23 bits per heavy atom. The molecule has 1 N–H and O–H groups in total. The summed E-state index contributed by atoms with van der Waals surface area (Å²) >= 11 is 0. The van der Waals surface area contributed by atoms with Gasteiger partial charge in [-0.25, -0.2) is 4.79 Å². The summed E-state index contributed by atoms with van der Waals surface area (Å²) in [5.74, 6) is -0.968. The number of benzene rings is 1. The largest absolute Gasteiger partial charge is 0.478 e. The van der Waals surface area contributed by atoms with E-state index in [1.807, 2.05) is 32.0 Å². The van der Waals surface area contributed by atoms with Crippen molar-refractivity contribution < 1.29 is 9.90 Å². The molecule has 0 atom stereocenters. The molecule has 0 fully saturated rings. The maximum atomic E-state index is 10.6. The minimum absolute atomic E-state index is 0.145. The van der Waals surface area contributed by atoms with Gasteiger partial charge >= 0.3 is 5.97 Å². The molecule has 0 aliphatic heterocycles. The summed E-state index contributed by atoms with van der Waals surface area (Å²) in [7, 11) is 0. The highest BCUT2D eigenvalue weighted by molar-refractivity contribution is 6.14. The highest BCUT2D eigenvalue weighted by Crippen LogP contribution is 2.16. The van der Waals surface area contributed by atoms with Gasteiger partial charge in [-0.05, 0) is 19.4 Å². The van der Waals surface area contributed by atoms with Crippen molar-refractivity contribution in [3.05, 3.63) is 41.5 Å². The predicted molar refractivity (Wildman–Crippen MR) is 52.6 cm³/mol. The Morgan fingerprint density at radius 2 is 1.69 bits per heavy atom. The van der Waals surface area contributed by atoms with Crippen molar-refractivity contribution in [1.82, 2.24) is 0 Å². The minimum atomic E-state index is -0.968. The lowest BCUT2D eigenvalue weighted by Gasteiger charge is -2.03. The zero-order valence-electron chi connectivity index (χ0n) is 7.79. The van der Waals surface area contributed by atoms with Crippen LogP contribution in [0, 0.1) is 13.8 Å². The summed E-state index contributed by atoms with van der Waals surface area (Å²) in [5, 5.41) is 8.72. The number of rotatable bonds is 2. The minimum Gasteiger partial charge on any atom is -0.478 e. The zero-order valence-corrected chi connectivity index (χ0v) is 7.79. The molecule has 0 saturated heterocycles. The third kappa shape index (κ3) is 2.18. The fourth-order valence-electron chi connectivity index (χ4n) is 1.27. The van der Waals surface area contributed by atoms with Crippen LogP contribution in [0.5, 0.6) is 0 Å². The zero-order chi connectivity index (χ0) is 10.0. The molecule has 0 aromatic heterocycles. The number of carbonyl (C=O) groups is 1. The van der Waals surface area contributed by atoms with E-state index in [1.54, 1.807) is 0 Å². The Hall–Kier alpha value is -1.57. The van der Waals surface area contributed by atoms with Crippen LogP contribution in [0.25, 0.3) is 5.57 Å². The predicted octanol–water partition coefficient (Wildman–Crippen LogP) is 2.40. The fourth-order valence-corrected chi connectivity index (χ4v) is 1.27. The molecule has 68 valence electrons. The number of carboxylic acids is 1. The van der Waals surface area contributed by atoms with Gasteiger partial charge in [0, 0.05) is 0 Å². The van der Waals surface area contributed by atoms with E-state index in [2.05, 4.69) is 6.58 Å². The standard InChI is InChI=1S/C11H12O2/c1-7-4-8(2)6-10(5-7)9(3)11(12)13/h4-6H,3H2,1-2H3,(H,12,13). The quantitative estimate of drug-likeness (QED) is 0.702. The lowest BCUT2D eigenvalue weighted by atomic mass is 10.0. The Kier molecular flexibility index (Phi) is 2.52. The van der Waals surface area contributed by atoms with Crippen LogP contribution in [0.15, 0.2) is 24.8 Å². The number of hydrogen-bond acceptors (Lipinski definition) is 1. The van der Waals surface area contributed by atoms with E-state index in [1.165, 1.54) is 0 Å². The molecule has 0 aliphatic carbocycles. The maximum absolute atomic E-state index is 10.6. The van der Waals surface area contributed by atoms with Gasteiger partial charge in [0.2, 0.25) is 0 Å². The highest BCUT2D eigenvalue weighted by Gasteiger charge is 2.07. The average Bonchev–Trinajstić information content (AvgIpc) is 2.01. The van der Waals surface area contributed by atoms with Crippen LogP contribution in [0.1, 0.15) is 16.7 Å². The molecule has 1 aromatic carbocycles. The fraction of sp³-hybridized carbons (Fsp3) is 0.182. The van der Waals surface area contributed by atoms with Crippen LogP contribution >= 0.6 is 0 Å². The summed E-state index contributed by atoms with van der Waals surface area (Å²) in [6, 6.07) is 5.64. The van der Waals surface area contributed by atoms with Gasteiger partial charge in [-0.3, -0.25) is 0 Å². The molecule has 1 aromatic rings. The summed E-state index contributed by atoms with van der Waals surface area (Å²) in [5.41, 5.74) is 2.94. The van der Waals surface area contributed by atoms with E-state index < -0.39 is 5.97 Å². The summed E-state index contributed by atoms with van der Waals surface area (Å²) in [4.78, 5) is 10.6. The Bertz CT molecular complexity index is 344. The molecular formula is C11H12O2. The van der Waals surface area contributed by atoms with Crippen LogP contribution in [0.4, 0.5) is 0 Å². The Morgan fingerprint density at radius 3 is 2.08 bits per heavy atom. The maximum Gasteiger partial charge on any atom is 0.335 e. The van der Waals surface area contributed by atoms with Crippen molar-refractivity contribution >= 4 is 11.5 Å². The molecular weight excluding hydrogens is 164 g/mol. The van der Waals surface area contributed by atoms with E-state index in [-0.39, 0.29) is 5.57 Å². The molecule has 0 saturated carbocycles. The van der Waals surface area contributed by atoms with Gasteiger partial charge in [-0.1, -0.05) is 35.9 Å². The number of carboxylic acid groups (broad SMARTS) is 1. The van der Waals surface area contributed by atoms with Gasteiger partial charge < -0.3 is 5.11 Å². The van der Waals surface area contributed by atoms with E-state index in [0.717, 1.165) is 11.1 Å². The molecule has 13 heavy (non-hydrogen) atoms. The smallest absolute Gasteiger partial charge is 0.335 e. The van der Waals surface area contributed by atoms with Crippen molar-refractivity contribution in [1.29, 1.82) is 0 Å². The van der Waals surface area contributed by atoms with Crippen molar-refractivity contribution in [3.8, 4) is 0 Å². The monoisotopic (exact) mass is 176 g/mol. The summed E-state index contributed by atoms with van der Waals surface area (Å²) < 4.78 is 0. The van der Waals surface area contributed by atoms with Crippen LogP contribution in [0.2, 0.25) is 0 Å². The first-order valence-corrected chi connectivity index (χ1v) is 4.01. The van der Waals surface area contributed by atoms with E-state index in [4.69, 9.17) is 5.11 Å². The van der Waals surface area contributed by atoms with Crippen LogP contribution in [0.3, 0.4) is 0 Å². The second-order valence-electron chi connectivity index (χ2n) is 3.16. The molecule has 0 amide bonds. The van der Waals surface area contributed by atoms with E-state index in [0.29, 0.717) is 5.56 Å². The Labute approximate surface area is 77.5 Å². The third-order valence-electron chi connectivity index (χ3n) is 1.83. The van der Waals surface area contributed by atoms with E-state index >= 15 is 0 Å². The van der Waals surface area contributed by atoms with Gasteiger partial charge in [0.15, 0.2) is 0 Å². The molecule has 0 bridgehead atoms. The lowest BCUT2D eigenvalue weighted by Crippen LogP contribution is -1.98. The van der Waals surface area contributed by atoms with Crippen molar-refractivity contribution in [3.63, 3.8) is 0 Å². The van der Waals surface area contributed by atoms with Crippen molar-refractivity contribution in [2.24, 2.45) is 0 Å². The molecule has 0 unspecified atom stereocenters. The van der Waals surface area contributed by atoms with Crippen molar-refractivity contribution in [2.45, 2.75) is 13.8 Å². The first kappa shape index (κ1) is 9.52. The van der Waals surface area contributed by atoms with Crippen LogP contribution in [-0.4, -0.2) is 11.1 Å². The van der Waals surface area contributed by atoms with Crippen molar-refractivity contribution in [2.75, 3.05) is 0 Å². The third-order valence-corrected chi connectivity index (χ3v) is 1.83. The second-order valence-corrected chi connectivity index (χ2v) is 3.16. The normalized spacial score (nSPS) is 9.69. The highest BCUT2D eigenvalue weighted by atomic mass is 16.4. The number of aryl methyl sites for hydroxylation is 2. The van der Waals surface area contributed by atoms with Gasteiger partial charge in [-0.15, -0.1) is 0 Å². The number of hydrogen-bond donors (Lipinski definition) is 1. The molecule has 0 radical (unpaired) electrons. The molecule has 0 spiro atoms. The van der Waals surface area contributed by atoms with Crippen LogP contribution in [-0.2, 0) is 4.79 Å². The van der Waals surface area contributed by atoms with Gasteiger partial charge in [0.05, 0.1) is 5.57 Å². The lowest BCUT2D eigenvalue weighted by molar-refractivity contribution is -0.130. The summed E-state index contributed by atoms with van der Waals surface area (Å²) in [6.07, 6.45) is 0. The molecule has 0 aliphatic rings. The average molecular weight is 176 g/mol. The second kappa shape index (κ2) is 3.44.